The maximum atomic E-state index is 11.1. The molecule has 0 aliphatic rings. The van der Waals surface area contributed by atoms with Crippen LogP contribution in [0, 0.1) is 0 Å². The van der Waals surface area contributed by atoms with E-state index in [-0.39, 0.29) is 6.64 Å². The molecule has 0 N–H and O–H groups in total. The minimum atomic E-state index is -1.30. The van der Waals surface area contributed by atoms with Crippen molar-refractivity contribution in [3.63, 3.8) is 0 Å². The lowest BCUT2D eigenvalue weighted by Gasteiger charge is -1.65. The highest BCUT2D eigenvalue weighted by atomic mass is 32.0. The third kappa shape index (κ3) is 2.79. The Balaban J connectivity index is 2.75. The molecule has 26 valence electrons. The zero-order valence-electron chi connectivity index (χ0n) is 4.03. The third-order valence-corrected chi connectivity index (χ3v) is 0.538. The van der Waals surface area contributed by atoms with Gasteiger partial charge in [0.15, 0.2) is 0 Å². The van der Waals surface area contributed by atoms with Crippen molar-refractivity contribution in [2.75, 3.05) is 6.64 Å². The molecule has 4 heavy (non-hydrogen) atoms. The molecule has 0 saturated carbocycles. The molecule has 2 atom stereocenters. The van der Waals surface area contributed by atoms with Crippen molar-refractivity contribution in [1.29, 1.82) is 1.28 Å². The summed E-state index contributed by atoms with van der Waals surface area (Å²) >= 11 is 0. The van der Waals surface area contributed by atoms with E-state index in [0.717, 1.165) is 0 Å². The Morgan fingerprint density at radius 2 is 3.50 bits per heavy atom. The van der Waals surface area contributed by atoms with Crippen molar-refractivity contribution in [1.82, 2.24) is 0 Å². The summed E-state index contributed by atoms with van der Waals surface area (Å²) < 4.78 is 24.1. The summed E-state index contributed by atoms with van der Waals surface area (Å²) in [7, 11) is -2.12. The minimum Gasteiger partial charge on any atom is -0.226 e. The Hall–Kier alpha value is 0.790. The molecule has 0 rings (SSSR count). The fourth-order valence-corrected chi connectivity index (χ4v) is 0. The van der Waals surface area contributed by atoms with Gasteiger partial charge in [0.1, 0.15) is 0 Å². The van der Waals surface area contributed by atoms with E-state index in [0.29, 0.717) is 0 Å². The standard InChI is InChI=1S/CH5FP2/c1-3-4-2/h3-4H,1H3/i1T,3D. The molecule has 2 unspecified atom stereocenters. The average molecular weight is 101 g/mol. The van der Waals surface area contributed by atoms with Gasteiger partial charge in [-0.25, -0.2) is 4.20 Å². The van der Waals surface area contributed by atoms with Crippen molar-refractivity contribution in [2.24, 2.45) is 0 Å². The molecule has 0 aliphatic heterocycles. The van der Waals surface area contributed by atoms with Gasteiger partial charge in [0, 0.05) is 1.37 Å². The summed E-state index contributed by atoms with van der Waals surface area (Å²) in [4.78, 5) is 0. The fourth-order valence-electron chi connectivity index (χ4n) is 0. The average Bonchev–Trinajstić information content (AvgIpc) is 1.65. The van der Waals surface area contributed by atoms with Crippen LogP contribution in [0.4, 0.5) is 4.20 Å². The quantitative estimate of drug-likeness (QED) is 0.441. The number of hydrogen-bond donors (Lipinski definition) is 0. The highest BCUT2D eigenvalue weighted by Gasteiger charge is 1.59. The first kappa shape index (κ1) is 2.05. The van der Waals surface area contributed by atoms with Crippen LogP contribution in [0.2, 0.25) is 0 Å². The molecule has 0 aromatic carbocycles. The van der Waals surface area contributed by atoms with Crippen LogP contribution in [0.3, 0.4) is 0 Å². The number of hydrogen-bond acceptors (Lipinski definition) is 0. The van der Waals surface area contributed by atoms with Crippen molar-refractivity contribution >= 4 is 16.8 Å². The lowest BCUT2D eigenvalue weighted by Crippen LogP contribution is -1.07. The lowest BCUT2D eigenvalue weighted by molar-refractivity contribution is 0.936. The van der Waals surface area contributed by atoms with Crippen LogP contribution in [-0.4, -0.2) is 7.92 Å². The van der Waals surface area contributed by atoms with Gasteiger partial charge < -0.3 is 0 Å². The minimum absolute atomic E-state index is 0.0513. The van der Waals surface area contributed by atoms with Crippen LogP contribution < -0.4 is 0 Å². The van der Waals surface area contributed by atoms with Gasteiger partial charge in [0.25, 0.3) is 0 Å². The summed E-state index contributed by atoms with van der Waals surface area (Å²) in [6, 6.07) is 0. The molecule has 0 nitrogen and oxygen atoms in total. The molecule has 0 amide bonds. The van der Waals surface area contributed by atoms with Gasteiger partial charge in [0.05, 0.1) is 9.86 Å². The molecule has 0 saturated heterocycles. The Kier molecular flexibility index (Phi) is 1.94. The van der Waals surface area contributed by atoms with Gasteiger partial charge in [-0.15, -0.1) is 0 Å². The van der Waals surface area contributed by atoms with E-state index in [1.165, 1.54) is 0 Å². The van der Waals surface area contributed by atoms with Gasteiger partial charge in [0.2, 0.25) is 0 Å². The SMILES string of the molecule is [2H]P(C[3H])PF. The molecule has 0 aromatic heterocycles. The third-order valence-electron chi connectivity index (χ3n) is 0.0598. The van der Waals surface area contributed by atoms with Crippen LogP contribution in [0.5, 0.6) is 0 Å². The van der Waals surface area contributed by atoms with Crippen molar-refractivity contribution in [3.8, 4) is 0 Å². The van der Waals surface area contributed by atoms with Crippen LogP contribution in [0.15, 0.2) is 0 Å². The molecular formula is CH5FP2. The zero-order valence-corrected chi connectivity index (χ0v) is 3.93. The van der Waals surface area contributed by atoms with E-state index in [1.54, 1.807) is 0 Å². The van der Waals surface area contributed by atoms with Gasteiger partial charge >= 0.3 is 0 Å². The highest BCUT2D eigenvalue weighted by molar-refractivity contribution is 8.09. The second-order valence-electron chi connectivity index (χ2n) is 0.243. The summed E-state index contributed by atoms with van der Waals surface area (Å²) in [5.74, 6) is 0. The molecule has 0 aromatic rings. The first-order valence-electron chi connectivity index (χ1n) is 1.88. The maximum Gasteiger partial charge on any atom is 0.0875 e. The van der Waals surface area contributed by atoms with E-state index < -0.39 is 16.8 Å². The molecule has 0 bridgehead atoms. The van der Waals surface area contributed by atoms with Crippen LogP contribution in [0.25, 0.3) is 0 Å². The van der Waals surface area contributed by atoms with E-state index in [4.69, 9.17) is 2.65 Å². The number of rotatable bonds is 1. The van der Waals surface area contributed by atoms with Gasteiger partial charge in [-0.2, -0.15) is 0 Å². The largest absolute Gasteiger partial charge is 0.226 e. The summed E-state index contributed by atoms with van der Waals surface area (Å²) in [5.41, 5.74) is 0. The molecule has 0 aliphatic carbocycles. The van der Waals surface area contributed by atoms with Gasteiger partial charge in [-0.05, 0) is 6.64 Å². The zero-order chi connectivity index (χ0) is 4.99. The first-order chi connectivity index (χ1) is 2.81. The smallest absolute Gasteiger partial charge is 0.0875 e. The van der Waals surface area contributed by atoms with Crippen LogP contribution in [0.1, 0.15) is 1.37 Å². The molecule has 0 heterocycles. The van der Waals surface area contributed by atoms with Gasteiger partial charge in [-0.1, -0.05) is 8.21 Å². The predicted octanol–water partition coefficient (Wildman–Crippen LogP) is 1.77. The second kappa shape index (κ2) is 3.79. The normalized spacial score (nSPS) is 25.2. The fraction of sp³-hybridized carbons (Fsp3) is 1.00. The van der Waals surface area contributed by atoms with E-state index in [9.17, 15) is 4.20 Å². The maximum absolute atomic E-state index is 11.1. The van der Waals surface area contributed by atoms with Crippen molar-refractivity contribution < 1.29 is 5.57 Å². The Morgan fingerprint density at radius 3 is 3.50 bits per heavy atom. The predicted molar refractivity (Wildman–Crippen MR) is 23.7 cm³/mol. The van der Waals surface area contributed by atoms with Gasteiger partial charge in [-0.3, -0.25) is 0 Å². The van der Waals surface area contributed by atoms with E-state index in [1.807, 2.05) is 0 Å². The molecule has 0 spiro atoms. The molecular weight excluding hydrogens is 93.0 g/mol. The molecule has 0 radical (unpaired) electrons. The van der Waals surface area contributed by atoms with E-state index in [2.05, 4.69) is 0 Å². The summed E-state index contributed by atoms with van der Waals surface area (Å²) in [6.07, 6.45) is 0. The Labute approximate surface area is 31.4 Å². The second-order valence-corrected chi connectivity index (χ2v) is 2.18. The first-order valence-corrected chi connectivity index (χ1v) is 3.53. The molecule has 0 fully saturated rings. The Morgan fingerprint density at radius 1 is 2.75 bits per heavy atom. The molecule has 3 heteroatoms. The van der Waals surface area contributed by atoms with Crippen LogP contribution in [-0.2, 0) is 0 Å². The summed E-state index contributed by atoms with van der Waals surface area (Å²) in [5, 5.41) is 0. The van der Waals surface area contributed by atoms with Crippen molar-refractivity contribution in [3.05, 3.63) is 0 Å². The Bertz CT molecular complexity index is 30.7. The lowest BCUT2D eigenvalue weighted by atomic mass is 12.0. The summed E-state index contributed by atoms with van der Waals surface area (Å²) in [6.45, 7) is -0.0513. The monoisotopic (exact) mass is 101 g/mol. The number of halogens is 1. The van der Waals surface area contributed by atoms with Crippen LogP contribution >= 0.6 is 16.8 Å². The van der Waals surface area contributed by atoms with Crippen molar-refractivity contribution in [2.45, 2.75) is 0 Å². The topological polar surface area (TPSA) is 0 Å². The van der Waals surface area contributed by atoms with E-state index >= 15 is 0 Å². The highest BCUT2D eigenvalue weighted by Crippen LogP contribution is 2.32.